The van der Waals surface area contributed by atoms with E-state index < -0.39 is 0 Å². The van der Waals surface area contributed by atoms with Crippen LogP contribution in [0.25, 0.3) is 0 Å². The van der Waals surface area contributed by atoms with Gasteiger partial charge >= 0.3 is 0 Å². The van der Waals surface area contributed by atoms with Crippen LogP contribution in [0.1, 0.15) is 35.2 Å². The summed E-state index contributed by atoms with van der Waals surface area (Å²) in [6.07, 6.45) is 6.70. The third kappa shape index (κ3) is 4.43. The maximum atomic E-state index is 12.5. The van der Waals surface area contributed by atoms with Gasteiger partial charge in [-0.3, -0.25) is 4.79 Å². The number of piperidine rings is 1. The quantitative estimate of drug-likeness (QED) is 0.869. The fraction of sp³-hybridized carbons (Fsp3) is 0.421. The van der Waals surface area contributed by atoms with Gasteiger partial charge in [0.25, 0.3) is 5.91 Å². The largest absolute Gasteiger partial charge is 0.365 e. The molecule has 1 fully saturated rings. The average Bonchev–Trinajstić information content (AvgIpc) is 2.67. The van der Waals surface area contributed by atoms with Crippen molar-refractivity contribution in [2.24, 2.45) is 0 Å². The van der Waals surface area contributed by atoms with Crippen molar-refractivity contribution in [2.75, 3.05) is 37.4 Å². The van der Waals surface area contributed by atoms with E-state index in [2.05, 4.69) is 15.3 Å². The standard InChI is InChI=1S/C19H24ClN5O/c1-24(2)17-10-14(6-7-21-17)12-22-18-16(20)11-15(13-23-18)19(26)25-8-4-3-5-9-25/h6-7,10-11,13H,3-5,8-9,12H2,1-2H3,(H,22,23). The number of carbonyl (C=O) groups is 1. The third-order valence-corrected chi connectivity index (χ3v) is 4.75. The number of likely N-dealkylation sites (tertiary alicyclic amines) is 1. The zero-order valence-electron chi connectivity index (χ0n) is 15.2. The predicted molar refractivity (Wildman–Crippen MR) is 105 cm³/mol. The van der Waals surface area contributed by atoms with E-state index in [1.807, 2.05) is 36.0 Å². The van der Waals surface area contributed by atoms with E-state index in [9.17, 15) is 4.79 Å². The number of hydrogen-bond acceptors (Lipinski definition) is 5. The molecule has 1 aliphatic rings. The molecule has 0 radical (unpaired) electrons. The molecule has 0 aromatic carbocycles. The van der Waals surface area contributed by atoms with Crippen molar-refractivity contribution in [3.05, 3.63) is 46.7 Å². The first kappa shape index (κ1) is 18.5. The molecule has 3 heterocycles. The molecular weight excluding hydrogens is 350 g/mol. The number of nitrogens with one attached hydrogen (secondary N) is 1. The van der Waals surface area contributed by atoms with Crippen molar-refractivity contribution in [3.63, 3.8) is 0 Å². The Bertz CT molecular complexity index is 774. The fourth-order valence-electron chi connectivity index (χ4n) is 2.97. The second-order valence-corrected chi connectivity index (χ2v) is 7.08. The highest BCUT2D eigenvalue weighted by Crippen LogP contribution is 2.23. The lowest BCUT2D eigenvalue weighted by Crippen LogP contribution is -2.35. The molecule has 1 amide bonds. The fourth-order valence-corrected chi connectivity index (χ4v) is 3.20. The summed E-state index contributed by atoms with van der Waals surface area (Å²) in [4.78, 5) is 25.0. The maximum absolute atomic E-state index is 12.5. The van der Waals surface area contributed by atoms with Gasteiger partial charge in [-0.15, -0.1) is 0 Å². The van der Waals surface area contributed by atoms with Crippen molar-refractivity contribution in [1.29, 1.82) is 0 Å². The number of anilines is 2. The number of nitrogens with zero attached hydrogens (tertiary/aromatic N) is 4. The van der Waals surface area contributed by atoms with Crippen molar-refractivity contribution in [1.82, 2.24) is 14.9 Å². The van der Waals surface area contributed by atoms with Gasteiger partial charge in [0.2, 0.25) is 0 Å². The molecule has 6 nitrogen and oxygen atoms in total. The van der Waals surface area contributed by atoms with Gasteiger partial charge in [-0.1, -0.05) is 11.6 Å². The molecule has 0 aliphatic carbocycles. The lowest BCUT2D eigenvalue weighted by molar-refractivity contribution is 0.0724. The molecule has 0 saturated carbocycles. The second kappa shape index (κ2) is 8.36. The van der Waals surface area contributed by atoms with Crippen LogP contribution in [0.2, 0.25) is 5.02 Å². The molecule has 3 rings (SSSR count). The molecule has 0 bridgehead atoms. The highest BCUT2D eigenvalue weighted by atomic mass is 35.5. The zero-order chi connectivity index (χ0) is 18.5. The van der Waals surface area contributed by atoms with Gasteiger partial charge in [-0.2, -0.15) is 0 Å². The van der Waals surface area contributed by atoms with Crippen molar-refractivity contribution in [3.8, 4) is 0 Å². The predicted octanol–water partition coefficient (Wildman–Crippen LogP) is 3.43. The minimum absolute atomic E-state index is 0.00964. The van der Waals surface area contributed by atoms with E-state index >= 15 is 0 Å². The lowest BCUT2D eigenvalue weighted by atomic mass is 10.1. The first-order valence-electron chi connectivity index (χ1n) is 8.85. The van der Waals surface area contributed by atoms with Gasteiger partial charge in [0, 0.05) is 46.1 Å². The van der Waals surface area contributed by atoms with Crippen LogP contribution in [-0.2, 0) is 6.54 Å². The minimum atomic E-state index is 0.00964. The van der Waals surface area contributed by atoms with Crippen LogP contribution < -0.4 is 10.2 Å². The van der Waals surface area contributed by atoms with Crippen LogP contribution in [0.15, 0.2) is 30.6 Å². The molecule has 0 spiro atoms. The molecule has 1 N–H and O–H groups in total. The number of aromatic nitrogens is 2. The second-order valence-electron chi connectivity index (χ2n) is 6.68. The van der Waals surface area contributed by atoms with Crippen LogP contribution in [0.5, 0.6) is 0 Å². The van der Waals surface area contributed by atoms with Crippen LogP contribution in [-0.4, -0.2) is 48.0 Å². The molecule has 138 valence electrons. The van der Waals surface area contributed by atoms with E-state index in [1.165, 1.54) is 6.42 Å². The normalized spacial score (nSPS) is 14.2. The zero-order valence-corrected chi connectivity index (χ0v) is 16.0. The number of halogens is 1. The van der Waals surface area contributed by atoms with Crippen LogP contribution >= 0.6 is 11.6 Å². The number of pyridine rings is 2. The van der Waals surface area contributed by atoms with Gasteiger partial charge in [-0.05, 0) is 43.0 Å². The maximum Gasteiger partial charge on any atom is 0.255 e. The number of amides is 1. The molecule has 2 aromatic rings. The summed E-state index contributed by atoms with van der Waals surface area (Å²) in [6, 6.07) is 5.66. The van der Waals surface area contributed by atoms with E-state index in [4.69, 9.17) is 11.6 Å². The summed E-state index contributed by atoms with van der Waals surface area (Å²) >= 11 is 6.34. The Morgan fingerprint density at radius 2 is 2.00 bits per heavy atom. The molecule has 1 aliphatic heterocycles. The Kier molecular flexibility index (Phi) is 5.93. The van der Waals surface area contributed by atoms with Crippen molar-refractivity contribution in [2.45, 2.75) is 25.8 Å². The molecule has 7 heteroatoms. The molecule has 2 aromatic heterocycles. The molecule has 0 atom stereocenters. The van der Waals surface area contributed by atoms with Crippen LogP contribution in [0.3, 0.4) is 0 Å². The highest BCUT2D eigenvalue weighted by molar-refractivity contribution is 6.33. The van der Waals surface area contributed by atoms with Crippen LogP contribution in [0.4, 0.5) is 11.6 Å². The Balaban J connectivity index is 1.66. The molecule has 1 saturated heterocycles. The summed E-state index contributed by atoms with van der Waals surface area (Å²) in [7, 11) is 3.91. The van der Waals surface area contributed by atoms with E-state index in [0.29, 0.717) is 22.9 Å². The first-order valence-corrected chi connectivity index (χ1v) is 9.23. The molecular formula is C19H24ClN5O. The van der Waals surface area contributed by atoms with Gasteiger partial charge in [-0.25, -0.2) is 9.97 Å². The summed E-state index contributed by atoms with van der Waals surface area (Å²) in [5.41, 5.74) is 1.62. The van der Waals surface area contributed by atoms with Gasteiger partial charge in [0.1, 0.15) is 11.6 Å². The van der Waals surface area contributed by atoms with Crippen LogP contribution in [0, 0.1) is 0 Å². The number of hydrogen-bond donors (Lipinski definition) is 1. The average molecular weight is 374 g/mol. The Morgan fingerprint density at radius 3 is 2.69 bits per heavy atom. The first-order chi connectivity index (χ1) is 12.5. The summed E-state index contributed by atoms with van der Waals surface area (Å²) < 4.78 is 0. The molecule has 26 heavy (non-hydrogen) atoms. The summed E-state index contributed by atoms with van der Waals surface area (Å²) in [5, 5.41) is 3.68. The minimum Gasteiger partial charge on any atom is -0.365 e. The van der Waals surface area contributed by atoms with E-state index in [-0.39, 0.29) is 5.91 Å². The van der Waals surface area contributed by atoms with Gasteiger partial charge in [0.05, 0.1) is 10.6 Å². The van der Waals surface area contributed by atoms with Crippen molar-refractivity contribution < 1.29 is 4.79 Å². The van der Waals surface area contributed by atoms with Crippen molar-refractivity contribution >= 4 is 29.1 Å². The summed E-state index contributed by atoms with van der Waals surface area (Å²) in [6.45, 7) is 2.20. The number of carbonyl (C=O) groups excluding carboxylic acids is 1. The van der Waals surface area contributed by atoms with Gasteiger partial charge in [0.15, 0.2) is 0 Å². The SMILES string of the molecule is CN(C)c1cc(CNc2ncc(C(=O)N3CCCCC3)cc2Cl)ccn1. The third-order valence-electron chi connectivity index (χ3n) is 4.46. The summed E-state index contributed by atoms with van der Waals surface area (Å²) in [5.74, 6) is 1.48. The highest BCUT2D eigenvalue weighted by Gasteiger charge is 2.19. The Morgan fingerprint density at radius 1 is 1.23 bits per heavy atom. The lowest BCUT2D eigenvalue weighted by Gasteiger charge is -2.26. The number of rotatable bonds is 5. The smallest absolute Gasteiger partial charge is 0.255 e. The Labute approximate surface area is 159 Å². The molecule has 0 unspecified atom stereocenters. The Hall–Kier alpha value is -2.34. The van der Waals surface area contributed by atoms with E-state index in [0.717, 1.165) is 37.3 Å². The van der Waals surface area contributed by atoms with Gasteiger partial charge < -0.3 is 15.1 Å². The van der Waals surface area contributed by atoms with E-state index in [1.54, 1.807) is 18.5 Å². The monoisotopic (exact) mass is 373 g/mol. The topological polar surface area (TPSA) is 61.4 Å².